The Morgan fingerprint density at radius 3 is 2.31 bits per heavy atom. The summed E-state index contributed by atoms with van der Waals surface area (Å²) in [6.45, 7) is 0.969. The first-order valence-corrected chi connectivity index (χ1v) is 3.69. The second-order valence-corrected chi connectivity index (χ2v) is 2.54. The molecule has 71 valence electrons. The summed E-state index contributed by atoms with van der Waals surface area (Å²) in [5.41, 5.74) is 0. The molecule has 1 rings (SSSR count). The standard InChI is InChI=1S/C9H8F3O/c1-7(9(10,11)12)13-8-5-3-2-4-6-8/h3-7H,1H3. The molecule has 13 heavy (non-hydrogen) atoms. The SMILES string of the molecule is CC(Oc1cc[c]cc1)C(F)(F)F. The normalized spacial score (nSPS) is 13.8. The lowest BCUT2D eigenvalue weighted by atomic mass is 10.3. The van der Waals surface area contributed by atoms with Crippen LogP contribution in [-0.4, -0.2) is 12.3 Å². The van der Waals surface area contributed by atoms with E-state index in [1.165, 1.54) is 24.3 Å². The first-order chi connectivity index (χ1) is 6.00. The number of benzene rings is 1. The maximum Gasteiger partial charge on any atom is 0.425 e. The predicted octanol–water partition coefficient (Wildman–Crippen LogP) is 2.82. The Labute approximate surface area is 74.1 Å². The first kappa shape index (κ1) is 9.89. The van der Waals surface area contributed by atoms with E-state index >= 15 is 0 Å². The fourth-order valence-electron chi connectivity index (χ4n) is 0.721. The van der Waals surface area contributed by atoms with Gasteiger partial charge in [0.1, 0.15) is 5.75 Å². The van der Waals surface area contributed by atoms with Gasteiger partial charge in [0.25, 0.3) is 0 Å². The highest BCUT2D eigenvalue weighted by atomic mass is 19.4. The summed E-state index contributed by atoms with van der Waals surface area (Å²) in [7, 11) is 0. The van der Waals surface area contributed by atoms with Crippen LogP contribution in [0.2, 0.25) is 0 Å². The van der Waals surface area contributed by atoms with Gasteiger partial charge in [-0.05, 0) is 25.1 Å². The van der Waals surface area contributed by atoms with Crippen LogP contribution in [0.25, 0.3) is 0 Å². The molecule has 0 aliphatic carbocycles. The van der Waals surface area contributed by atoms with E-state index in [1.807, 2.05) is 0 Å². The van der Waals surface area contributed by atoms with Gasteiger partial charge in [-0.3, -0.25) is 0 Å². The Kier molecular flexibility index (Phi) is 2.80. The van der Waals surface area contributed by atoms with Crippen molar-refractivity contribution in [3.63, 3.8) is 0 Å². The molecule has 0 heterocycles. The van der Waals surface area contributed by atoms with Gasteiger partial charge >= 0.3 is 6.18 Å². The van der Waals surface area contributed by atoms with Gasteiger partial charge in [-0.15, -0.1) is 0 Å². The molecule has 1 aromatic carbocycles. The molecule has 0 aliphatic heterocycles. The van der Waals surface area contributed by atoms with E-state index in [2.05, 4.69) is 10.8 Å². The molecule has 0 bridgehead atoms. The molecular formula is C9H8F3O. The summed E-state index contributed by atoms with van der Waals surface area (Å²) < 4.78 is 40.6. The summed E-state index contributed by atoms with van der Waals surface area (Å²) in [5.74, 6) is 0.198. The van der Waals surface area contributed by atoms with Crippen molar-refractivity contribution < 1.29 is 17.9 Å². The monoisotopic (exact) mass is 189 g/mol. The maximum absolute atomic E-state index is 12.0. The Balaban J connectivity index is 2.61. The Morgan fingerprint density at radius 2 is 1.85 bits per heavy atom. The van der Waals surface area contributed by atoms with Gasteiger partial charge in [-0.25, -0.2) is 0 Å². The topological polar surface area (TPSA) is 9.23 Å². The highest BCUT2D eigenvalue weighted by Gasteiger charge is 2.37. The quantitative estimate of drug-likeness (QED) is 0.695. The molecule has 0 fully saturated rings. The summed E-state index contributed by atoms with van der Waals surface area (Å²) in [4.78, 5) is 0. The lowest BCUT2D eigenvalue weighted by molar-refractivity contribution is -0.189. The zero-order valence-electron chi connectivity index (χ0n) is 6.93. The minimum Gasteiger partial charge on any atom is -0.481 e. The van der Waals surface area contributed by atoms with Crippen molar-refractivity contribution in [2.45, 2.75) is 19.2 Å². The fourth-order valence-corrected chi connectivity index (χ4v) is 0.721. The molecule has 4 heteroatoms. The lowest BCUT2D eigenvalue weighted by Crippen LogP contribution is -2.31. The van der Waals surface area contributed by atoms with E-state index in [4.69, 9.17) is 0 Å². The highest BCUT2D eigenvalue weighted by molar-refractivity contribution is 5.20. The third kappa shape index (κ3) is 2.97. The number of ether oxygens (including phenoxy) is 1. The molecule has 0 amide bonds. The van der Waals surface area contributed by atoms with Gasteiger partial charge in [0.05, 0.1) is 0 Å². The second-order valence-electron chi connectivity index (χ2n) is 2.54. The number of rotatable bonds is 2. The molecule has 0 aromatic heterocycles. The molecule has 0 spiro atoms. The molecular weight excluding hydrogens is 181 g/mol. The Hall–Kier alpha value is -1.19. The highest BCUT2D eigenvalue weighted by Crippen LogP contribution is 2.24. The summed E-state index contributed by atoms with van der Waals surface area (Å²) in [5, 5.41) is 0. The Bertz CT molecular complexity index is 255. The van der Waals surface area contributed by atoms with Crippen molar-refractivity contribution in [1.29, 1.82) is 0 Å². The van der Waals surface area contributed by atoms with E-state index in [0.29, 0.717) is 0 Å². The van der Waals surface area contributed by atoms with Gasteiger partial charge in [-0.2, -0.15) is 13.2 Å². The summed E-state index contributed by atoms with van der Waals surface area (Å²) in [6, 6.07) is 8.55. The van der Waals surface area contributed by atoms with Crippen LogP contribution in [0.5, 0.6) is 5.75 Å². The van der Waals surface area contributed by atoms with Crippen molar-refractivity contribution in [1.82, 2.24) is 0 Å². The second kappa shape index (κ2) is 3.68. The van der Waals surface area contributed by atoms with Gasteiger partial charge in [-0.1, -0.05) is 12.1 Å². The van der Waals surface area contributed by atoms with Crippen LogP contribution in [-0.2, 0) is 0 Å². The number of hydrogen-bond donors (Lipinski definition) is 0. The molecule has 1 atom stereocenters. The number of alkyl halides is 3. The van der Waals surface area contributed by atoms with Crippen LogP contribution in [0.1, 0.15) is 6.92 Å². The van der Waals surface area contributed by atoms with E-state index in [9.17, 15) is 13.2 Å². The minimum atomic E-state index is -4.32. The van der Waals surface area contributed by atoms with Crippen molar-refractivity contribution in [3.05, 3.63) is 30.3 Å². The smallest absolute Gasteiger partial charge is 0.425 e. The van der Waals surface area contributed by atoms with Crippen molar-refractivity contribution in [3.8, 4) is 5.75 Å². The van der Waals surface area contributed by atoms with Crippen molar-refractivity contribution in [2.24, 2.45) is 0 Å². The van der Waals surface area contributed by atoms with E-state index < -0.39 is 12.3 Å². The average molecular weight is 189 g/mol. The lowest BCUT2D eigenvalue weighted by Gasteiger charge is -2.17. The zero-order chi connectivity index (χ0) is 9.90. The summed E-state index contributed by atoms with van der Waals surface area (Å²) >= 11 is 0. The van der Waals surface area contributed by atoms with Crippen molar-refractivity contribution in [2.75, 3.05) is 0 Å². The number of halogens is 3. The Morgan fingerprint density at radius 1 is 1.31 bits per heavy atom. The third-order valence-corrected chi connectivity index (χ3v) is 1.46. The van der Waals surface area contributed by atoms with Crippen LogP contribution in [0.3, 0.4) is 0 Å². The number of hydrogen-bond acceptors (Lipinski definition) is 1. The van der Waals surface area contributed by atoms with Crippen molar-refractivity contribution >= 4 is 0 Å². The molecule has 0 aliphatic rings. The third-order valence-electron chi connectivity index (χ3n) is 1.46. The van der Waals surface area contributed by atoms with Crippen LogP contribution >= 0.6 is 0 Å². The molecule has 1 radical (unpaired) electrons. The molecule has 0 saturated heterocycles. The molecule has 0 N–H and O–H groups in total. The summed E-state index contributed by atoms with van der Waals surface area (Å²) in [6.07, 6.45) is -6.10. The molecule has 1 nitrogen and oxygen atoms in total. The van der Waals surface area contributed by atoms with Crippen LogP contribution in [0, 0.1) is 6.07 Å². The van der Waals surface area contributed by atoms with Crippen LogP contribution < -0.4 is 4.74 Å². The average Bonchev–Trinajstić information content (AvgIpc) is 2.04. The van der Waals surface area contributed by atoms with E-state index in [0.717, 1.165) is 6.92 Å². The van der Waals surface area contributed by atoms with E-state index in [1.54, 1.807) is 0 Å². The molecule has 0 saturated carbocycles. The first-order valence-electron chi connectivity index (χ1n) is 3.69. The van der Waals surface area contributed by atoms with Gasteiger partial charge in [0.2, 0.25) is 0 Å². The maximum atomic E-state index is 12.0. The van der Waals surface area contributed by atoms with Gasteiger partial charge in [0.15, 0.2) is 6.10 Å². The largest absolute Gasteiger partial charge is 0.481 e. The fraction of sp³-hybridized carbons (Fsp3) is 0.333. The van der Waals surface area contributed by atoms with Gasteiger partial charge in [0, 0.05) is 0 Å². The zero-order valence-corrected chi connectivity index (χ0v) is 6.93. The van der Waals surface area contributed by atoms with Crippen LogP contribution in [0.15, 0.2) is 24.3 Å². The van der Waals surface area contributed by atoms with Gasteiger partial charge < -0.3 is 4.74 Å². The van der Waals surface area contributed by atoms with E-state index in [-0.39, 0.29) is 5.75 Å². The molecule has 1 unspecified atom stereocenters. The minimum absolute atomic E-state index is 0.198. The van der Waals surface area contributed by atoms with Crippen LogP contribution in [0.4, 0.5) is 13.2 Å². The molecule has 1 aromatic rings. The predicted molar refractivity (Wildman–Crippen MR) is 41.4 cm³/mol.